The number of hydrogen-bond donors (Lipinski definition) is 1. The molecule has 1 amide bonds. The van der Waals surface area contributed by atoms with Crippen molar-refractivity contribution in [1.29, 1.82) is 0 Å². The van der Waals surface area contributed by atoms with E-state index in [2.05, 4.69) is 20.1 Å². The van der Waals surface area contributed by atoms with E-state index in [9.17, 15) is 4.79 Å². The molecule has 2 heterocycles. The summed E-state index contributed by atoms with van der Waals surface area (Å²) in [5.41, 5.74) is 1.03. The summed E-state index contributed by atoms with van der Waals surface area (Å²) in [5, 5.41) is 4.23. The lowest BCUT2D eigenvalue weighted by atomic mass is 9.78. The Labute approximate surface area is 174 Å². The number of nitrogens with zero attached hydrogens (tertiary/aromatic N) is 3. The number of carbonyl (C=O) groups is 1. The van der Waals surface area contributed by atoms with Crippen LogP contribution in [0.15, 0.2) is 35.1 Å². The fourth-order valence-corrected chi connectivity index (χ4v) is 4.40. The molecule has 8 heteroatoms. The van der Waals surface area contributed by atoms with Crippen LogP contribution < -0.4 is 10.2 Å². The van der Waals surface area contributed by atoms with E-state index < -0.39 is 0 Å². The largest absolute Gasteiger partial charge is 0.441 e. The second-order valence-corrected chi connectivity index (χ2v) is 8.32. The molecule has 1 aliphatic carbocycles. The molecule has 1 saturated heterocycles. The zero-order valence-corrected chi connectivity index (χ0v) is 17.1. The molecule has 1 aromatic carbocycles. The zero-order chi connectivity index (χ0) is 19.5. The Hall–Kier alpha value is -1.76. The van der Waals surface area contributed by atoms with Crippen LogP contribution >= 0.6 is 23.2 Å². The number of aromatic nitrogens is 1. The molecule has 28 heavy (non-hydrogen) atoms. The zero-order valence-electron chi connectivity index (χ0n) is 15.6. The van der Waals surface area contributed by atoms with Gasteiger partial charge in [-0.3, -0.25) is 9.69 Å². The normalized spacial score (nSPS) is 22.7. The molecule has 0 unspecified atom stereocenters. The third kappa shape index (κ3) is 4.45. The standard InChI is InChI=1S/C20H24Cl2N4O2/c21-16-2-1-3-17(18(16)22)26-9-7-25(8-10-26)6-4-14-12-15(13-14)24-19(27)20-23-5-11-28-20/h1-3,5,11,14-15H,4,6-10,12-13H2,(H,24,27)/t14-,15+. The molecular weight excluding hydrogens is 399 g/mol. The summed E-state index contributed by atoms with van der Waals surface area (Å²) in [4.78, 5) is 20.6. The molecule has 1 saturated carbocycles. The van der Waals surface area contributed by atoms with Gasteiger partial charge in [-0.15, -0.1) is 0 Å². The first-order chi connectivity index (χ1) is 13.6. The Bertz CT molecular complexity index is 801. The Morgan fingerprint density at radius 3 is 2.71 bits per heavy atom. The lowest BCUT2D eigenvalue weighted by Crippen LogP contribution is -2.48. The van der Waals surface area contributed by atoms with Gasteiger partial charge in [0.2, 0.25) is 0 Å². The van der Waals surface area contributed by atoms with E-state index in [1.807, 2.05) is 18.2 Å². The third-order valence-electron chi connectivity index (χ3n) is 5.70. The molecule has 6 nitrogen and oxygen atoms in total. The average molecular weight is 423 g/mol. The molecule has 150 valence electrons. The molecule has 0 bridgehead atoms. The van der Waals surface area contributed by atoms with Crippen molar-refractivity contribution < 1.29 is 9.21 Å². The highest BCUT2D eigenvalue weighted by molar-refractivity contribution is 6.43. The number of benzene rings is 1. The van der Waals surface area contributed by atoms with Crippen LogP contribution in [-0.2, 0) is 0 Å². The number of halogens is 2. The van der Waals surface area contributed by atoms with Gasteiger partial charge in [0.25, 0.3) is 5.89 Å². The minimum Gasteiger partial charge on any atom is -0.441 e. The third-order valence-corrected chi connectivity index (χ3v) is 6.50. The highest BCUT2D eigenvalue weighted by Gasteiger charge is 2.31. The second kappa shape index (κ2) is 8.72. The van der Waals surface area contributed by atoms with Crippen molar-refractivity contribution in [2.24, 2.45) is 5.92 Å². The van der Waals surface area contributed by atoms with Gasteiger partial charge < -0.3 is 14.6 Å². The number of carbonyl (C=O) groups excluding carboxylic acids is 1. The van der Waals surface area contributed by atoms with Crippen LogP contribution in [0.1, 0.15) is 29.9 Å². The van der Waals surface area contributed by atoms with Gasteiger partial charge in [-0.25, -0.2) is 4.98 Å². The Kier molecular flexibility index (Phi) is 6.09. The summed E-state index contributed by atoms with van der Waals surface area (Å²) in [6, 6.07) is 6.05. The van der Waals surface area contributed by atoms with Crippen LogP contribution in [-0.4, -0.2) is 54.6 Å². The van der Waals surface area contributed by atoms with Gasteiger partial charge in [0, 0.05) is 32.2 Å². The molecule has 1 aliphatic heterocycles. The van der Waals surface area contributed by atoms with Crippen molar-refractivity contribution >= 4 is 34.8 Å². The molecule has 2 fully saturated rings. The van der Waals surface area contributed by atoms with E-state index in [0.29, 0.717) is 16.0 Å². The quantitative estimate of drug-likeness (QED) is 0.768. The van der Waals surface area contributed by atoms with Gasteiger partial charge in [0.15, 0.2) is 0 Å². The lowest BCUT2D eigenvalue weighted by Gasteiger charge is -2.39. The average Bonchev–Trinajstić information content (AvgIpc) is 3.21. The van der Waals surface area contributed by atoms with E-state index in [4.69, 9.17) is 27.6 Å². The van der Waals surface area contributed by atoms with Crippen molar-refractivity contribution in [3.8, 4) is 0 Å². The van der Waals surface area contributed by atoms with E-state index in [-0.39, 0.29) is 17.8 Å². The smallest absolute Gasteiger partial charge is 0.307 e. The first kappa shape index (κ1) is 19.6. The molecule has 1 aromatic heterocycles. The van der Waals surface area contributed by atoms with E-state index in [0.717, 1.165) is 51.3 Å². The number of rotatable bonds is 6. The fraction of sp³-hybridized carbons (Fsp3) is 0.500. The van der Waals surface area contributed by atoms with Crippen LogP contribution in [0.2, 0.25) is 10.0 Å². The molecule has 2 aliphatic rings. The first-order valence-electron chi connectivity index (χ1n) is 9.72. The summed E-state index contributed by atoms with van der Waals surface area (Å²) < 4.78 is 5.02. The number of oxazole rings is 1. The molecular formula is C20H24Cl2N4O2. The minimum absolute atomic E-state index is 0.140. The fourth-order valence-electron chi connectivity index (χ4n) is 3.99. The second-order valence-electron chi connectivity index (χ2n) is 7.54. The van der Waals surface area contributed by atoms with Crippen molar-refractivity contribution in [3.63, 3.8) is 0 Å². The highest BCUT2D eigenvalue weighted by Crippen LogP contribution is 2.33. The van der Waals surface area contributed by atoms with Crippen LogP contribution in [0.25, 0.3) is 0 Å². The Morgan fingerprint density at radius 1 is 1.21 bits per heavy atom. The van der Waals surface area contributed by atoms with Crippen LogP contribution in [0, 0.1) is 5.92 Å². The van der Waals surface area contributed by atoms with Gasteiger partial charge in [0.1, 0.15) is 6.26 Å². The summed E-state index contributed by atoms with van der Waals surface area (Å²) >= 11 is 12.5. The van der Waals surface area contributed by atoms with Crippen LogP contribution in [0.3, 0.4) is 0 Å². The highest BCUT2D eigenvalue weighted by atomic mass is 35.5. The molecule has 0 spiro atoms. The summed E-state index contributed by atoms with van der Waals surface area (Å²) in [6.07, 6.45) is 6.13. The maximum Gasteiger partial charge on any atom is 0.307 e. The predicted molar refractivity (Wildman–Crippen MR) is 110 cm³/mol. The van der Waals surface area contributed by atoms with Crippen molar-refractivity contribution in [1.82, 2.24) is 15.2 Å². The number of anilines is 1. The number of hydrogen-bond acceptors (Lipinski definition) is 5. The van der Waals surface area contributed by atoms with Crippen molar-refractivity contribution in [2.45, 2.75) is 25.3 Å². The summed E-state index contributed by atoms with van der Waals surface area (Å²) in [7, 11) is 0. The maximum absolute atomic E-state index is 11.9. The van der Waals surface area contributed by atoms with Gasteiger partial charge >= 0.3 is 5.91 Å². The Balaban J connectivity index is 1.15. The number of piperazine rings is 1. The molecule has 0 atom stereocenters. The van der Waals surface area contributed by atoms with Gasteiger partial charge in [-0.05, 0) is 43.9 Å². The van der Waals surface area contributed by atoms with Gasteiger partial charge in [0.05, 0.1) is 21.9 Å². The molecule has 4 rings (SSSR count). The Morgan fingerprint density at radius 2 is 2.00 bits per heavy atom. The van der Waals surface area contributed by atoms with Crippen molar-refractivity contribution in [3.05, 3.63) is 46.6 Å². The van der Waals surface area contributed by atoms with Crippen LogP contribution in [0.4, 0.5) is 5.69 Å². The molecule has 2 aromatic rings. The lowest BCUT2D eigenvalue weighted by molar-refractivity contribution is 0.0842. The molecule has 0 radical (unpaired) electrons. The summed E-state index contributed by atoms with van der Waals surface area (Å²) in [5.74, 6) is 0.598. The SMILES string of the molecule is O=C(N[C@H]1C[C@@H](CCN2CCN(c3cccc(Cl)c3Cl)CC2)C1)c1ncco1. The predicted octanol–water partition coefficient (Wildman–Crippen LogP) is 3.70. The number of amides is 1. The van der Waals surface area contributed by atoms with Crippen LogP contribution in [0.5, 0.6) is 0 Å². The molecule has 1 N–H and O–H groups in total. The topological polar surface area (TPSA) is 61.6 Å². The minimum atomic E-state index is -0.218. The van der Waals surface area contributed by atoms with Gasteiger partial charge in [-0.1, -0.05) is 29.3 Å². The van der Waals surface area contributed by atoms with Crippen molar-refractivity contribution in [2.75, 3.05) is 37.6 Å². The van der Waals surface area contributed by atoms with E-state index in [1.54, 1.807) is 0 Å². The van der Waals surface area contributed by atoms with E-state index in [1.165, 1.54) is 18.9 Å². The van der Waals surface area contributed by atoms with E-state index >= 15 is 0 Å². The monoisotopic (exact) mass is 422 g/mol. The maximum atomic E-state index is 11.9. The first-order valence-corrected chi connectivity index (χ1v) is 10.5. The number of nitrogens with one attached hydrogen (secondary N) is 1. The summed E-state index contributed by atoms with van der Waals surface area (Å²) in [6.45, 7) is 5.07. The van der Waals surface area contributed by atoms with Gasteiger partial charge in [-0.2, -0.15) is 0 Å².